The molecule has 152 valence electrons. The smallest absolute Gasteiger partial charge is 0.135 e. The van der Waals surface area contributed by atoms with Gasteiger partial charge in [0.25, 0.3) is 0 Å². The molecule has 0 atom stereocenters. The molecule has 0 fully saturated rings. The molecule has 0 unspecified atom stereocenters. The van der Waals surface area contributed by atoms with Crippen LogP contribution in [0.4, 0.5) is 0 Å². The lowest BCUT2D eigenvalue weighted by molar-refractivity contribution is 0.487. The molecule has 1 heterocycles. The van der Waals surface area contributed by atoms with Gasteiger partial charge < -0.3 is 4.74 Å². The highest BCUT2D eigenvalue weighted by Gasteiger charge is 2.22. The largest absolute Gasteiger partial charge is 0.456 e. The van der Waals surface area contributed by atoms with Crippen LogP contribution in [0, 0.1) is 0 Å². The summed E-state index contributed by atoms with van der Waals surface area (Å²) in [6, 6.07) is 39.4. The zero-order valence-electron chi connectivity index (χ0n) is 17.8. The first-order valence-electron chi connectivity index (χ1n) is 11.4. The number of hydrogen-bond donors (Lipinski definition) is 0. The van der Waals surface area contributed by atoms with Crippen LogP contribution in [-0.4, -0.2) is 0 Å². The lowest BCUT2D eigenvalue weighted by Gasteiger charge is -2.23. The second-order valence-electron chi connectivity index (χ2n) is 8.91. The van der Waals surface area contributed by atoms with E-state index in [-0.39, 0.29) is 0 Å². The second kappa shape index (κ2) is 6.11. The van der Waals surface area contributed by atoms with Crippen LogP contribution in [0.2, 0.25) is 0 Å². The predicted octanol–water partition coefficient (Wildman–Crippen LogP) is 9.18. The Hall–Kier alpha value is -4.36. The topological polar surface area (TPSA) is 9.23 Å². The highest BCUT2D eigenvalue weighted by atomic mass is 16.5. The molecule has 0 radical (unpaired) electrons. The molecule has 7 aromatic carbocycles. The van der Waals surface area contributed by atoms with Gasteiger partial charge in [0.2, 0.25) is 0 Å². The van der Waals surface area contributed by atoms with Gasteiger partial charge in [0.15, 0.2) is 0 Å². The Morgan fingerprint density at radius 3 is 1.85 bits per heavy atom. The fourth-order valence-electron chi connectivity index (χ4n) is 5.79. The Balaban J connectivity index is 1.50. The summed E-state index contributed by atoms with van der Waals surface area (Å²) in [5.74, 6) is 1.86. The molecule has 0 saturated carbocycles. The molecule has 1 nitrogen and oxygen atoms in total. The van der Waals surface area contributed by atoms with Crippen molar-refractivity contribution in [1.82, 2.24) is 0 Å². The Morgan fingerprint density at radius 2 is 0.970 bits per heavy atom. The van der Waals surface area contributed by atoms with Crippen LogP contribution >= 0.6 is 0 Å². The van der Waals surface area contributed by atoms with Crippen molar-refractivity contribution >= 4 is 43.1 Å². The Morgan fingerprint density at radius 1 is 0.333 bits per heavy atom. The highest BCUT2D eigenvalue weighted by Crippen LogP contribution is 2.49. The predicted molar refractivity (Wildman–Crippen MR) is 139 cm³/mol. The molecule has 1 aliphatic heterocycles. The zero-order chi connectivity index (χ0) is 21.5. The number of benzene rings is 7. The molecule has 0 N–H and O–H groups in total. The van der Waals surface area contributed by atoms with Gasteiger partial charge in [-0.15, -0.1) is 0 Å². The van der Waals surface area contributed by atoms with Gasteiger partial charge in [0.05, 0.1) is 0 Å². The molecule has 7 aromatic rings. The van der Waals surface area contributed by atoms with Crippen LogP contribution in [0.5, 0.6) is 11.5 Å². The summed E-state index contributed by atoms with van der Waals surface area (Å²) < 4.78 is 6.32. The van der Waals surface area contributed by atoms with E-state index in [9.17, 15) is 0 Å². The minimum Gasteiger partial charge on any atom is -0.456 e. The highest BCUT2D eigenvalue weighted by molar-refractivity contribution is 6.26. The van der Waals surface area contributed by atoms with E-state index in [1.807, 2.05) is 12.1 Å². The van der Waals surface area contributed by atoms with Crippen LogP contribution in [0.1, 0.15) is 0 Å². The first-order chi connectivity index (χ1) is 16.4. The summed E-state index contributed by atoms with van der Waals surface area (Å²) in [6.45, 7) is 0. The molecule has 0 bridgehead atoms. The Labute approximate surface area is 190 Å². The van der Waals surface area contributed by atoms with E-state index in [0.717, 1.165) is 17.1 Å². The maximum atomic E-state index is 6.32. The maximum absolute atomic E-state index is 6.32. The fraction of sp³-hybridized carbons (Fsp3) is 0. The molecule has 0 spiro atoms. The lowest BCUT2D eigenvalue weighted by atomic mass is 9.86. The summed E-state index contributed by atoms with van der Waals surface area (Å²) in [4.78, 5) is 0. The molecule has 0 aromatic heterocycles. The molecule has 33 heavy (non-hydrogen) atoms. The normalized spacial score (nSPS) is 12.5. The molecule has 1 heteroatoms. The van der Waals surface area contributed by atoms with E-state index in [1.165, 1.54) is 59.8 Å². The summed E-state index contributed by atoms with van der Waals surface area (Å²) >= 11 is 0. The summed E-state index contributed by atoms with van der Waals surface area (Å²) in [5.41, 5.74) is 4.91. The van der Waals surface area contributed by atoms with Gasteiger partial charge in [-0.05, 0) is 66.5 Å². The average Bonchev–Trinajstić information content (AvgIpc) is 2.88. The number of hydrogen-bond acceptors (Lipinski definition) is 1. The maximum Gasteiger partial charge on any atom is 0.135 e. The first-order valence-corrected chi connectivity index (χ1v) is 11.4. The summed E-state index contributed by atoms with van der Waals surface area (Å²) in [7, 11) is 0. The number of rotatable bonds is 1. The lowest BCUT2D eigenvalue weighted by Crippen LogP contribution is -1.97. The molecule has 1 aliphatic rings. The second-order valence-corrected chi connectivity index (χ2v) is 8.91. The third-order valence-electron chi connectivity index (χ3n) is 7.22. The summed E-state index contributed by atoms with van der Waals surface area (Å²) in [5, 5.41) is 10.3. The van der Waals surface area contributed by atoms with Crippen LogP contribution in [-0.2, 0) is 0 Å². The minimum atomic E-state index is 0.924. The molecular formula is C32H18O. The van der Waals surface area contributed by atoms with Gasteiger partial charge in [-0.3, -0.25) is 0 Å². The van der Waals surface area contributed by atoms with E-state index in [0.29, 0.717) is 0 Å². The van der Waals surface area contributed by atoms with Gasteiger partial charge in [0.1, 0.15) is 11.5 Å². The van der Waals surface area contributed by atoms with Crippen molar-refractivity contribution < 1.29 is 4.74 Å². The number of ether oxygens (including phenoxy) is 1. The first kappa shape index (κ1) is 17.2. The molecule has 0 saturated heterocycles. The molecule has 0 aliphatic carbocycles. The van der Waals surface area contributed by atoms with Gasteiger partial charge >= 0.3 is 0 Å². The Kier molecular flexibility index (Phi) is 3.19. The van der Waals surface area contributed by atoms with Gasteiger partial charge in [-0.1, -0.05) is 97.1 Å². The minimum absolute atomic E-state index is 0.924. The quantitative estimate of drug-likeness (QED) is 0.241. The molecule has 0 amide bonds. The zero-order valence-corrected chi connectivity index (χ0v) is 17.8. The van der Waals surface area contributed by atoms with Gasteiger partial charge in [-0.25, -0.2) is 0 Å². The standard InChI is InChI=1S/C32H18O/c1-2-10-28-24(7-1)26-9-4-8-25-23(17-18-29(33-28)32(25)26)22-15-13-21-12-11-19-5-3-6-20-14-16-27(22)31(21)30(19)20/h1-18H. The number of para-hydroxylation sites is 1. The third-order valence-corrected chi connectivity index (χ3v) is 7.22. The number of fused-ring (bicyclic) bond motifs is 2. The fourth-order valence-corrected chi connectivity index (χ4v) is 5.79. The van der Waals surface area contributed by atoms with Gasteiger partial charge in [0, 0.05) is 10.9 Å². The SMILES string of the molecule is c1ccc2c(c1)Oc1ccc(-c3ccc4ccc5cccc6ccc3c4c56)c3cccc-2c13. The van der Waals surface area contributed by atoms with Crippen molar-refractivity contribution in [2.24, 2.45) is 0 Å². The van der Waals surface area contributed by atoms with Crippen LogP contribution in [0.25, 0.3) is 65.3 Å². The van der Waals surface area contributed by atoms with Crippen molar-refractivity contribution in [2.75, 3.05) is 0 Å². The Bertz CT molecular complexity index is 1880. The van der Waals surface area contributed by atoms with Crippen molar-refractivity contribution in [3.05, 3.63) is 109 Å². The van der Waals surface area contributed by atoms with Crippen molar-refractivity contribution in [3.8, 4) is 33.8 Å². The van der Waals surface area contributed by atoms with E-state index in [2.05, 4.69) is 97.1 Å². The van der Waals surface area contributed by atoms with Gasteiger partial charge in [-0.2, -0.15) is 0 Å². The monoisotopic (exact) mass is 418 g/mol. The van der Waals surface area contributed by atoms with E-state index in [1.54, 1.807) is 0 Å². The van der Waals surface area contributed by atoms with Crippen LogP contribution < -0.4 is 4.74 Å². The summed E-state index contributed by atoms with van der Waals surface area (Å²) in [6.07, 6.45) is 0. The van der Waals surface area contributed by atoms with Crippen molar-refractivity contribution in [1.29, 1.82) is 0 Å². The van der Waals surface area contributed by atoms with E-state index >= 15 is 0 Å². The molecular weight excluding hydrogens is 400 g/mol. The van der Waals surface area contributed by atoms with Crippen LogP contribution in [0.15, 0.2) is 109 Å². The van der Waals surface area contributed by atoms with E-state index < -0.39 is 0 Å². The van der Waals surface area contributed by atoms with E-state index in [4.69, 9.17) is 4.74 Å². The van der Waals surface area contributed by atoms with Crippen molar-refractivity contribution in [3.63, 3.8) is 0 Å². The van der Waals surface area contributed by atoms with Crippen LogP contribution in [0.3, 0.4) is 0 Å². The third kappa shape index (κ3) is 2.21. The average molecular weight is 418 g/mol. The van der Waals surface area contributed by atoms with Crippen molar-refractivity contribution in [2.45, 2.75) is 0 Å². The molecule has 8 rings (SSSR count).